The molecule has 0 amide bonds. The first-order valence-electron chi connectivity index (χ1n) is 11.0. The fourth-order valence-electron chi connectivity index (χ4n) is 3.76. The normalized spacial score (nSPS) is 11.9. The van der Waals surface area contributed by atoms with Gasteiger partial charge in [0, 0.05) is 16.5 Å². The van der Waals surface area contributed by atoms with E-state index in [0.717, 1.165) is 0 Å². The van der Waals surface area contributed by atoms with Gasteiger partial charge in [-0.2, -0.15) is 0 Å². The van der Waals surface area contributed by atoms with Crippen molar-refractivity contribution < 1.29 is 33.8 Å². The summed E-state index contributed by atoms with van der Waals surface area (Å²) >= 11 is 0. The van der Waals surface area contributed by atoms with Gasteiger partial charge in [-0.05, 0) is 48.9 Å². The van der Waals surface area contributed by atoms with Crippen LogP contribution >= 0.6 is 15.8 Å². The number of hydrogen-bond acceptors (Lipinski definition) is 0. The zero-order valence-corrected chi connectivity index (χ0v) is 21.9. The first kappa shape index (κ1) is 29.3. The van der Waals surface area contributed by atoms with Gasteiger partial charge in [-0.15, -0.1) is 0 Å². The second kappa shape index (κ2) is 14.5. The minimum absolute atomic E-state index is 0. The fourth-order valence-corrected chi connectivity index (χ4v) is 9.51. The van der Waals surface area contributed by atoms with E-state index in [1.165, 1.54) is 27.4 Å². The molecule has 4 aromatic carbocycles. The Hall–Kier alpha value is -1.98. The summed E-state index contributed by atoms with van der Waals surface area (Å²) in [6.07, 6.45) is 1.19. The van der Waals surface area contributed by atoms with Gasteiger partial charge in [-0.3, -0.25) is 0 Å². The molecule has 1 atom stereocenters. The summed E-state index contributed by atoms with van der Waals surface area (Å²) in [6.45, 7) is 2.45. The molecule has 0 heterocycles. The Labute approximate surface area is 217 Å². The van der Waals surface area contributed by atoms with E-state index in [-0.39, 0.29) is 24.4 Å². The van der Waals surface area contributed by atoms with E-state index in [4.69, 9.17) is 0 Å². The van der Waals surface area contributed by atoms with Crippen molar-refractivity contribution in [3.8, 4) is 0 Å². The van der Waals surface area contributed by atoms with Crippen LogP contribution in [0.5, 0.6) is 0 Å². The minimum Gasteiger partial charge on any atom is -0.418 e. The third kappa shape index (κ3) is 9.89. The Kier molecular flexibility index (Phi) is 12.2. The van der Waals surface area contributed by atoms with Gasteiger partial charge < -0.3 is 17.3 Å². The number of benzene rings is 4. The molecule has 0 saturated carbocycles. The Morgan fingerprint density at radius 3 is 1.09 bits per heavy atom. The van der Waals surface area contributed by atoms with Gasteiger partial charge in [0.15, 0.2) is 0 Å². The van der Waals surface area contributed by atoms with Crippen LogP contribution in [0.1, 0.15) is 6.92 Å². The minimum atomic E-state index is -6.00. The van der Waals surface area contributed by atoms with Crippen LogP contribution in [0.2, 0.25) is 0 Å². The van der Waals surface area contributed by atoms with Gasteiger partial charge in [-0.25, -0.2) is 0 Å². The zero-order chi connectivity index (χ0) is 24.4. The molecule has 35 heavy (non-hydrogen) atoms. The maximum absolute atomic E-state index is 9.75. The monoisotopic (exact) mass is 557 g/mol. The summed E-state index contributed by atoms with van der Waals surface area (Å²) in [6, 6.07) is 44.3. The van der Waals surface area contributed by atoms with Crippen LogP contribution in [0.25, 0.3) is 0 Å². The summed E-state index contributed by atoms with van der Waals surface area (Å²) in [5.41, 5.74) is 0.585. The standard InChI is InChI=1S/C27H26P2.BF4.Ni/c1-23(29(26-18-10-4-11-19-26)27-20-12-5-13-21-27)22-28(24-14-6-2-7-15-24)25-16-8-3-9-17-25;2-1(3,4)5;/h2-21,23H,22H2,1H3;;/q;-1;. The van der Waals surface area contributed by atoms with Crippen molar-refractivity contribution in [3.63, 3.8) is 0 Å². The molecule has 0 radical (unpaired) electrons. The van der Waals surface area contributed by atoms with E-state index >= 15 is 0 Å². The average Bonchev–Trinajstić information content (AvgIpc) is 2.84. The number of hydrogen-bond donors (Lipinski definition) is 0. The molecule has 186 valence electrons. The summed E-state index contributed by atoms with van der Waals surface area (Å²) in [5.74, 6) is 0. The Morgan fingerprint density at radius 2 is 0.800 bits per heavy atom. The molecular weight excluding hydrogens is 532 g/mol. The predicted molar refractivity (Wildman–Crippen MR) is 143 cm³/mol. The average molecular weight is 558 g/mol. The smallest absolute Gasteiger partial charge is 0.418 e. The SMILES string of the molecule is CC(CP(c1ccccc1)c1ccccc1)P(c1ccccc1)c1ccccc1.F[B-](F)(F)F.[Ni]. The van der Waals surface area contributed by atoms with Crippen molar-refractivity contribution in [3.05, 3.63) is 121 Å². The van der Waals surface area contributed by atoms with Crippen LogP contribution in [-0.4, -0.2) is 19.1 Å². The molecule has 0 aliphatic rings. The molecule has 0 N–H and O–H groups in total. The van der Waals surface area contributed by atoms with Gasteiger partial charge in [0.2, 0.25) is 0 Å². The van der Waals surface area contributed by atoms with Gasteiger partial charge in [0.25, 0.3) is 0 Å². The molecule has 0 fully saturated rings. The molecule has 1 unspecified atom stereocenters. The predicted octanol–water partition coefficient (Wildman–Crippen LogP) is 6.94. The second-order valence-electron chi connectivity index (χ2n) is 7.67. The van der Waals surface area contributed by atoms with E-state index in [0.29, 0.717) is 5.66 Å². The van der Waals surface area contributed by atoms with E-state index in [2.05, 4.69) is 128 Å². The molecule has 0 bridgehead atoms. The van der Waals surface area contributed by atoms with Crippen molar-refractivity contribution in [2.75, 3.05) is 6.16 Å². The topological polar surface area (TPSA) is 0 Å². The van der Waals surface area contributed by atoms with Gasteiger partial charge in [0.05, 0.1) is 0 Å². The summed E-state index contributed by atoms with van der Waals surface area (Å²) in [4.78, 5) is 0. The Bertz CT molecular complexity index is 1020. The molecule has 4 aromatic rings. The molecule has 0 aliphatic carbocycles. The zero-order valence-electron chi connectivity index (χ0n) is 19.1. The van der Waals surface area contributed by atoms with E-state index in [1.807, 2.05) is 0 Å². The first-order chi connectivity index (χ1) is 16.3. The van der Waals surface area contributed by atoms with Crippen LogP contribution in [0, 0.1) is 0 Å². The number of halogens is 4. The van der Waals surface area contributed by atoms with Crippen LogP contribution in [0.4, 0.5) is 17.3 Å². The molecule has 4 rings (SSSR count). The molecule has 0 aliphatic heterocycles. The first-order valence-corrected chi connectivity index (χ1v) is 13.9. The van der Waals surface area contributed by atoms with Crippen molar-refractivity contribution in [1.82, 2.24) is 0 Å². The van der Waals surface area contributed by atoms with Crippen molar-refractivity contribution in [2.24, 2.45) is 0 Å². The quantitative estimate of drug-likeness (QED) is 0.131. The molecule has 0 saturated heterocycles. The molecule has 8 heteroatoms. The largest absolute Gasteiger partial charge is 0.673 e. The van der Waals surface area contributed by atoms with Crippen LogP contribution in [0.3, 0.4) is 0 Å². The number of rotatable bonds is 7. The van der Waals surface area contributed by atoms with Crippen molar-refractivity contribution in [2.45, 2.75) is 12.6 Å². The van der Waals surface area contributed by atoms with E-state index < -0.39 is 15.2 Å². The fraction of sp³-hybridized carbons (Fsp3) is 0.111. The van der Waals surface area contributed by atoms with Gasteiger partial charge in [0.1, 0.15) is 0 Å². The Balaban J connectivity index is 0.000000656. The van der Waals surface area contributed by atoms with Crippen LogP contribution < -0.4 is 21.2 Å². The van der Waals surface area contributed by atoms with Gasteiger partial charge >= 0.3 is 7.25 Å². The summed E-state index contributed by atoms with van der Waals surface area (Å²) in [7, 11) is -6.80. The van der Waals surface area contributed by atoms with Crippen molar-refractivity contribution >= 4 is 44.3 Å². The van der Waals surface area contributed by atoms with E-state index in [1.54, 1.807) is 0 Å². The summed E-state index contributed by atoms with van der Waals surface area (Å²) in [5, 5.41) is 5.88. The third-order valence-electron chi connectivity index (χ3n) is 5.09. The second-order valence-corrected chi connectivity index (χ2v) is 12.6. The maximum atomic E-state index is 9.75. The maximum Gasteiger partial charge on any atom is 0.673 e. The molecule has 0 nitrogen and oxygen atoms in total. The van der Waals surface area contributed by atoms with Crippen LogP contribution in [-0.2, 0) is 16.5 Å². The third-order valence-corrected chi connectivity index (χ3v) is 10.9. The van der Waals surface area contributed by atoms with Gasteiger partial charge in [-0.1, -0.05) is 128 Å². The van der Waals surface area contributed by atoms with Crippen molar-refractivity contribution in [1.29, 1.82) is 0 Å². The summed E-state index contributed by atoms with van der Waals surface area (Å²) < 4.78 is 39.0. The molecular formula is C27H26BF4NiP2-. The van der Waals surface area contributed by atoms with E-state index in [9.17, 15) is 17.3 Å². The molecule has 0 spiro atoms. The van der Waals surface area contributed by atoms with Crippen LogP contribution in [0.15, 0.2) is 121 Å². The Morgan fingerprint density at radius 1 is 0.543 bits per heavy atom. The molecule has 0 aromatic heterocycles.